The van der Waals surface area contributed by atoms with E-state index in [0.29, 0.717) is 17.9 Å². The van der Waals surface area contributed by atoms with Gasteiger partial charge in [0.2, 0.25) is 0 Å². The predicted octanol–water partition coefficient (Wildman–Crippen LogP) is 4.05. The highest BCUT2D eigenvalue weighted by Gasteiger charge is 2.04. The Morgan fingerprint density at radius 3 is 2.67 bits per heavy atom. The van der Waals surface area contributed by atoms with Gasteiger partial charge in [0.05, 0.1) is 7.11 Å². The van der Waals surface area contributed by atoms with E-state index >= 15 is 0 Å². The minimum Gasteiger partial charge on any atom is -0.497 e. The van der Waals surface area contributed by atoms with Crippen LogP contribution in [0.3, 0.4) is 0 Å². The van der Waals surface area contributed by atoms with E-state index in [-0.39, 0.29) is 5.82 Å². The molecular formula is C14H13FINO. The number of halogens is 2. The van der Waals surface area contributed by atoms with Gasteiger partial charge < -0.3 is 10.1 Å². The molecule has 2 aromatic rings. The first kappa shape index (κ1) is 13.1. The molecule has 2 rings (SSSR count). The quantitative estimate of drug-likeness (QED) is 0.834. The lowest BCUT2D eigenvalue weighted by molar-refractivity contribution is 0.411. The van der Waals surface area contributed by atoms with Crippen LogP contribution >= 0.6 is 22.6 Å². The summed E-state index contributed by atoms with van der Waals surface area (Å²) >= 11 is 2.25. The normalized spacial score (nSPS) is 10.2. The van der Waals surface area contributed by atoms with Gasteiger partial charge in [-0.3, -0.25) is 0 Å². The topological polar surface area (TPSA) is 21.3 Å². The summed E-state index contributed by atoms with van der Waals surface area (Å²) in [6.45, 7) is 0.454. The maximum absolute atomic E-state index is 13.7. The van der Waals surface area contributed by atoms with E-state index in [0.717, 1.165) is 9.26 Å². The van der Waals surface area contributed by atoms with Crippen LogP contribution in [-0.4, -0.2) is 7.11 Å². The molecular weight excluding hydrogens is 344 g/mol. The van der Waals surface area contributed by atoms with Gasteiger partial charge in [-0.1, -0.05) is 18.2 Å². The standard InChI is InChI=1S/C14H13FINO/c1-18-11-7-6-10(12(15)8-11)9-17-14-5-3-2-4-13(14)16/h2-8,17H,9H2,1H3. The third-order valence-electron chi connectivity index (χ3n) is 2.60. The van der Waals surface area contributed by atoms with E-state index in [2.05, 4.69) is 27.9 Å². The van der Waals surface area contributed by atoms with Crippen LogP contribution in [0, 0.1) is 9.39 Å². The van der Waals surface area contributed by atoms with Gasteiger partial charge in [-0.15, -0.1) is 0 Å². The molecule has 0 saturated heterocycles. The summed E-state index contributed by atoms with van der Waals surface area (Å²) in [6, 6.07) is 12.8. The average Bonchev–Trinajstić information content (AvgIpc) is 2.39. The Morgan fingerprint density at radius 2 is 2.00 bits per heavy atom. The van der Waals surface area contributed by atoms with Crippen LogP contribution < -0.4 is 10.1 Å². The fraction of sp³-hybridized carbons (Fsp3) is 0.143. The number of benzene rings is 2. The summed E-state index contributed by atoms with van der Waals surface area (Å²) in [7, 11) is 1.53. The van der Waals surface area contributed by atoms with Crippen molar-refractivity contribution in [1.29, 1.82) is 0 Å². The van der Waals surface area contributed by atoms with E-state index in [1.54, 1.807) is 12.1 Å². The predicted molar refractivity (Wildman–Crippen MR) is 79.4 cm³/mol. The largest absolute Gasteiger partial charge is 0.497 e. The summed E-state index contributed by atoms with van der Waals surface area (Å²) < 4.78 is 19.8. The Morgan fingerprint density at radius 1 is 1.22 bits per heavy atom. The molecule has 94 valence electrons. The molecule has 0 spiro atoms. The minimum atomic E-state index is -0.257. The number of ether oxygens (including phenoxy) is 1. The Balaban J connectivity index is 2.09. The summed E-state index contributed by atoms with van der Waals surface area (Å²) in [5.41, 5.74) is 1.63. The maximum Gasteiger partial charge on any atom is 0.131 e. The van der Waals surface area contributed by atoms with Gasteiger partial charge in [-0.05, 0) is 40.8 Å². The van der Waals surface area contributed by atoms with Gasteiger partial charge >= 0.3 is 0 Å². The van der Waals surface area contributed by atoms with Crippen molar-refractivity contribution in [3.8, 4) is 5.75 Å². The van der Waals surface area contributed by atoms with E-state index in [4.69, 9.17) is 4.74 Å². The van der Waals surface area contributed by atoms with Crippen molar-refractivity contribution in [3.05, 3.63) is 57.4 Å². The molecule has 4 heteroatoms. The monoisotopic (exact) mass is 357 g/mol. The van der Waals surface area contributed by atoms with Crippen molar-refractivity contribution >= 4 is 28.3 Å². The van der Waals surface area contributed by atoms with E-state index < -0.39 is 0 Å². The molecule has 2 aromatic carbocycles. The molecule has 0 unspecified atom stereocenters. The van der Waals surface area contributed by atoms with Gasteiger partial charge in [-0.2, -0.15) is 0 Å². The first-order valence-corrected chi connectivity index (χ1v) is 6.59. The average molecular weight is 357 g/mol. The van der Waals surface area contributed by atoms with Crippen LogP contribution in [0.1, 0.15) is 5.56 Å². The Hall–Kier alpha value is -1.30. The third-order valence-corrected chi connectivity index (χ3v) is 3.54. The number of hydrogen-bond acceptors (Lipinski definition) is 2. The molecule has 1 N–H and O–H groups in total. The molecule has 0 fully saturated rings. The molecule has 0 saturated carbocycles. The maximum atomic E-state index is 13.7. The summed E-state index contributed by atoms with van der Waals surface area (Å²) in [6.07, 6.45) is 0. The van der Waals surface area contributed by atoms with E-state index in [9.17, 15) is 4.39 Å². The number of hydrogen-bond donors (Lipinski definition) is 1. The molecule has 0 heterocycles. The highest BCUT2D eigenvalue weighted by Crippen LogP contribution is 2.20. The fourth-order valence-electron chi connectivity index (χ4n) is 1.59. The minimum absolute atomic E-state index is 0.257. The number of para-hydroxylation sites is 1. The van der Waals surface area contributed by atoms with Gasteiger partial charge in [0.25, 0.3) is 0 Å². The van der Waals surface area contributed by atoms with Gasteiger partial charge in [0.1, 0.15) is 11.6 Å². The van der Waals surface area contributed by atoms with Crippen molar-refractivity contribution in [2.75, 3.05) is 12.4 Å². The molecule has 0 atom stereocenters. The zero-order valence-corrected chi connectivity index (χ0v) is 12.1. The second-order valence-electron chi connectivity index (χ2n) is 3.79. The summed E-state index contributed by atoms with van der Waals surface area (Å²) in [5, 5.41) is 3.22. The summed E-state index contributed by atoms with van der Waals surface area (Å²) in [4.78, 5) is 0. The Labute approximate surface area is 119 Å². The lowest BCUT2D eigenvalue weighted by atomic mass is 10.2. The van der Waals surface area contributed by atoms with Crippen LogP contribution in [0.15, 0.2) is 42.5 Å². The molecule has 18 heavy (non-hydrogen) atoms. The first-order valence-electron chi connectivity index (χ1n) is 5.51. The van der Waals surface area contributed by atoms with Crippen molar-refractivity contribution in [1.82, 2.24) is 0 Å². The van der Waals surface area contributed by atoms with Gasteiger partial charge in [0, 0.05) is 27.4 Å². The molecule has 0 amide bonds. The number of anilines is 1. The van der Waals surface area contributed by atoms with Crippen molar-refractivity contribution in [2.24, 2.45) is 0 Å². The molecule has 0 radical (unpaired) electrons. The van der Waals surface area contributed by atoms with Crippen molar-refractivity contribution in [2.45, 2.75) is 6.54 Å². The van der Waals surface area contributed by atoms with Crippen LogP contribution in [0.2, 0.25) is 0 Å². The lowest BCUT2D eigenvalue weighted by Crippen LogP contribution is -2.03. The first-order chi connectivity index (χ1) is 8.70. The molecule has 0 bridgehead atoms. The van der Waals surface area contributed by atoms with Crippen LogP contribution in [0.4, 0.5) is 10.1 Å². The van der Waals surface area contributed by atoms with Crippen LogP contribution in [-0.2, 0) is 6.54 Å². The molecule has 0 aliphatic rings. The van der Waals surface area contributed by atoms with Gasteiger partial charge in [-0.25, -0.2) is 4.39 Å². The third kappa shape index (κ3) is 3.13. The van der Waals surface area contributed by atoms with Crippen LogP contribution in [0.5, 0.6) is 5.75 Å². The Kier molecular flexibility index (Phi) is 4.41. The lowest BCUT2D eigenvalue weighted by Gasteiger charge is -2.10. The Bertz CT molecular complexity index is 545. The second kappa shape index (κ2) is 6.04. The zero-order valence-electron chi connectivity index (χ0n) is 9.91. The highest BCUT2D eigenvalue weighted by molar-refractivity contribution is 14.1. The van der Waals surface area contributed by atoms with Crippen molar-refractivity contribution in [3.63, 3.8) is 0 Å². The number of rotatable bonds is 4. The number of methoxy groups -OCH3 is 1. The molecule has 2 nitrogen and oxygen atoms in total. The van der Waals surface area contributed by atoms with Crippen LogP contribution in [0.25, 0.3) is 0 Å². The molecule has 0 aromatic heterocycles. The van der Waals surface area contributed by atoms with Gasteiger partial charge in [0.15, 0.2) is 0 Å². The SMILES string of the molecule is COc1ccc(CNc2ccccc2I)c(F)c1. The second-order valence-corrected chi connectivity index (χ2v) is 4.95. The van der Waals surface area contributed by atoms with Crippen molar-refractivity contribution < 1.29 is 9.13 Å². The van der Waals surface area contributed by atoms with E-state index in [1.165, 1.54) is 13.2 Å². The summed E-state index contributed by atoms with van der Waals surface area (Å²) in [5.74, 6) is 0.276. The zero-order chi connectivity index (χ0) is 13.0. The van der Waals surface area contributed by atoms with E-state index in [1.807, 2.05) is 24.3 Å². The fourth-order valence-corrected chi connectivity index (χ4v) is 2.17. The smallest absolute Gasteiger partial charge is 0.131 e. The molecule has 0 aliphatic carbocycles. The molecule has 0 aliphatic heterocycles. The highest BCUT2D eigenvalue weighted by atomic mass is 127. The number of nitrogens with one attached hydrogen (secondary N) is 1.